The summed E-state index contributed by atoms with van der Waals surface area (Å²) in [6.07, 6.45) is 3.45. The summed E-state index contributed by atoms with van der Waals surface area (Å²) >= 11 is 1.38. The van der Waals surface area contributed by atoms with E-state index in [1.807, 2.05) is 54.1 Å². The molecule has 1 amide bonds. The minimum absolute atomic E-state index is 0.0504. The first-order chi connectivity index (χ1) is 13.2. The van der Waals surface area contributed by atoms with Crippen molar-refractivity contribution < 1.29 is 4.79 Å². The number of nitrogens with zero attached hydrogens (tertiary/aromatic N) is 3. The molecule has 2 aromatic carbocycles. The Morgan fingerprint density at radius 3 is 2.52 bits per heavy atom. The zero-order chi connectivity index (χ0) is 19.1. The van der Waals surface area contributed by atoms with E-state index in [4.69, 9.17) is 0 Å². The van der Waals surface area contributed by atoms with Gasteiger partial charge < -0.3 is 9.88 Å². The fraction of sp³-hybridized carbons (Fsp3) is 0.286. The van der Waals surface area contributed by atoms with Gasteiger partial charge in [0.15, 0.2) is 11.0 Å². The molecule has 1 N–H and O–H groups in total. The van der Waals surface area contributed by atoms with Crippen molar-refractivity contribution in [3.05, 3.63) is 60.2 Å². The minimum Gasteiger partial charge on any atom is -0.325 e. The Kier molecular flexibility index (Phi) is 6.65. The largest absolute Gasteiger partial charge is 0.325 e. The summed E-state index contributed by atoms with van der Waals surface area (Å²) in [5.41, 5.74) is 3.13. The van der Waals surface area contributed by atoms with E-state index in [0.29, 0.717) is 5.75 Å². The maximum atomic E-state index is 12.2. The first-order valence-electron chi connectivity index (χ1n) is 9.13. The Hall–Kier alpha value is -2.60. The first-order valence-corrected chi connectivity index (χ1v) is 10.1. The number of anilines is 1. The van der Waals surface area contributed by atoms with Crippen LogP contribution in [0.2, 0.25) is 0 Å². The maximum absolute atomic E-state index is 12.2. The highest BCUT2D eigenvalue weighted by Crippen LogP contribution is 2.22. The van der Waals surface area contributed by atoms with Gasteiger partial charge >= 0.3 is 0 Å². The number of amides is 1. The molecule has 27 heavy (non-hydrogen) atoms. The second-order valence-electron chi connectivity index (χ2n) is 6.37. The molecule has 0 atom stereocenters. The number of hydrogen-bond acceptors (Lipinski definition) is 4. The number of unbranched alkanes of at least 4 members (excludes halogenated alkanes) is 1. The van der Waals surface area contributed by atoms with Crippen LogP contribution in [0.4, 0.5) is 5.69 Å². The van der Waals surface area contributed by atoms with E-state index in [0.717, 1.165) is 28.7 Å². The van der Waals surface area contributed by atoms with Gasteiger partial charge in [-0.05, 0) is 30.5 Å². The van der Waals surface area contributed by atoms with E-state index in [2.05, 4.69) is 34.6 Å². The van der Waals surface area contributed by atoms with Gasteiger partial charge in [-0.1, -0.05) is 67.6 Å². The highest BCUT2D eigenvalue weighted by Gasteiger charge is 2.12. The smallest absolute Gasteiger partial charge is 0.234 e. The standard InChI is InChI=1S/C21H24N4OS/c1-3-4-8-16-11-13-18(14-12-16)22-19(26)15-27-21-24-23-20(25(21)2)17-9-6-5-7-10-17/h5-7,9-14H,3-4,8,15H2,1-2H3,(H,22,26). The minimum atomic E-state index is -0.0504. The zero-order valence-corrected chi connectivity index (χ0v) is 16.5. The SMILES string of the molecule is CCCCc1ccc(NC(=O)CSc2nnc(-c3ccccc3)n2C)cc1. The van der Waals surface area contributed by atoms with Gasteiger partial charge in [-0.15, -0.1) is 10.2 Å². The lowest BCUT2D eigenvalue weighted by Crippen LogP contribution is -2.14. The summed E-state index contributed by atoms with van der Waals surface area (Å²) in [7, 11) is 1.91. The third kappa shape index (κ3) is 5.20. The number of thioether (sulfide) groups is 1. The average molecular weight is 381 g/mol. The summed E-state index contributed by atoms with van der Waals surface area (Å²) in [6.45, 7) is 2.19. The molecule has 0 aliphatic heterocycles. The van der Waals surface area contributed by atoms with Crippen LogP contribution in [0, 0.1) is 0 Å². The molecule has 0 fully saturated rings. The molecule has 0 saturated carbocycles. The molecule has 0 aliphatic carbocycles. The van der Waals surface area contributed by atoms with Gasteiger partial charge in [0, 0.05) is 18.3 Å². The fourth-order valence-corrected chi connectivity index (χ4v) is 3.45. The Morgan fingerprint density at radius 1 is 1.07 bits per heavy atom. The van der Waals surface area contributed by atoms with Gasteiger partial charge in [0.2, 0.25) is 5.91 Å². The van der Waals surface area contributed by atoms with E-state index < -0.39 is 0 Å². The predicted molar refractivity (Wildman–Crippen MR) is 111 cm³/mol. The maximum Gasteiger partial charge on any atom is 0.234 e. The number of hydrogen-bond donors (Lipinski definition) is 1. The fourth-order valence-electron chi connectivity index (χ4n) is 2.74. The first kappa shape index (κ1) is 19.2. The molecule has 3 rings (SSSR count). The van der Waals surface area contributed by atoms with Crippen LogP contribution in [0.25, 0.3) is 11.4 Å². The molecule has 0 unspecified atom stereocenters. The van der Waals surface area contributed by atoms with Crippen LogP contribution in [-0.2, 0) is 18.3 Å². The number of aromatic nitrogens is 3. The summed E-state index contributed by atoms with van der Waals surface area (Å²) in [4.78, 5) is 12.2. The van der Waals surface area contributed by atoms with Crippen molar-refractivity contribution in [2.75, 3.05) is 11.1 Å². The van der Waals surface area contributed by atoms with E-state index >= 15 is 0 Å². The molecule has 5 nitrogen and oxygen atoms in total. The van der Waals surface area contributed by atoms with Gasteiger partial charge in [0.1, 0.15) is 0 Å². The molecule has 0 bridgehead atoms. The number of carbonyl (C=O) groups excluding carboxylic acids is 1. The van der Waals surface area contributed by atoms with Crippen molar-refractivity contribution in [1.82, 2.24) is 14.8 Å². The summed E-state index contributed by atoms with van der Waals surface area (Å²) < 4.78 is 1.91. The molecule has 6 heteroatoms. The second-order valence-corrected chi connectivity index (χ2v) is 7.31. The monoisotopic (exact) mass is 380 g/mol. The van der Waals surface area contributed by atoms with Crippen LogP contribution < -0.4 is 5.32 Å². The lowest BCUT2D eigenvalue weighted by Gasteiger charge is -2.07. The van der Waals surface area contributed by atoms with Gasteiger partial charge in [-0.3, -0.25) is 4.79 Å². The summed E-state index contributed by atoms with van der Waals surface area (Å²) in [5, 5.41) is 12.1. The van der Waals surface area contributed by atoms with Crippen LogP contribution in [0.5, 0.6) is 0 Å². The number of benzene rings is 2. The number of rotatable bonds is 8. The Balaban J connectivity index is 1.54. The predicted octanol–water partition coefficient (Wildman–Crippen LogP) is 4.56. The third-order valence-corrected chi connectivity index (χ3v) is 5.28. The van der Waals surface area contributed by atoms with Crippen molar-refractivity contribution in [3.8, 4) is 11.4 Å². The summed E-state index contributed by atoms with van der Waals surface area (Å²) in [5.74, 6) is 1.03. The van der Waals surface area contributed by atoms with Crippen molar-refractivity contribution in [2.45, 2.75) is 31.3 Å². The van der Waals surface area contributed by atoms with Crippen LogP contribution in [0.15, 0.2) is 59.8 Å². The van der Waals surface area contributed by atoms with Gasteiger partial charge in [0.25, 0.3) is 0 Å². The zero-order valence-electron chi connectivity index (χ0n) is 15.7. The Morgan fingerprint density at radius 2 is 1.81 bits per heavy atom. The highest BCUT2D eigenvalue weighted by atomic mass is 32.2. The lowest BCUT2D eigenvalue weighted by atomic mass is 10.1. The molecule has 0 saturated heterocycles. The van der Waals surface area contributed by atoms with Gasteiger partial charge in [-0.25, -0.2) is 0 Å². The van der Waals surface area contributed by atoms with Crippen LogP contribution in [-0.4, -0.2) is 26.4 Å². The summed E-state index contributed by atoms with van der Waals surface area (Å²) in [6, 6.07) is 18.0. The van der Waals surface area contributed by atoms with Crippen LogP contribution in [0.3, 0.4) is 0 Å². The molecule has 0 radical (unpaired) electrons. The molecular weight excluding hydrogens is 356 g/mol. The molecule has 0 aliphatic rings. The van der Waals surface area contributed by atoms with Crippen molar-refractivity contribution >= 4 is 23.4 Å². The third-order valence-electron chi connectivity index (χ3n) is 4.26. The van der Waals surface area contributed by atoms with E-state index in [9.17, 15) is 4.79 Å². The van der Waals surface area contributed by atoms with Crippen molar-refractivity contribution in [2.24, 2.45) is 7.05 Å². The quantitative estimate of drug-likeness (QED) is 0.582. The molecule has 0 spiro atoms. The van der Waals surface area contributed by atoms with Crippen molar-refractivity contribution in [1.29, 1.82) is 0 Å². The Labute approximate surface area is 164 Å². The second kappa shape index (κ2) is 9.37. The van der Waals surface area contributed by atoms with E-state index in [-0.39, 0.29) is 5.91 Å². The van der Waals surface area contributed by atoms with Gasteiger partial charge in [-0.2, -0.15) is 0 Å². The number of aryl methyl sites for hydroxylation is 1. The lowest BCUT2D eigenvalue weighted by molar-refractivity contribution is -0.113. The average Bonchev–Trinajstić information content (AvgIpc) is 3.07. The number of nitrogens with one attached hydrogen (secondary N) is 1. The molecule has 140 valence electrons. The normalized spacial score (nSPS) is 10.7. The van der Waals surface area contributed by atoms with Crippen molar-refractivity contribution in [3.63, 3.8) is 0 Å². The molecule has 1 heterocycles. The molecule has 1 aromatic heterocycles. The van der Waals surface area contributed by atoms with Gasteiger partial charge in [0.05, 0.1) is 5.75 Å². The van der Waals surface area contributed by atoms with E-state index in [1.54, 1.807) is 0 Å². The topological polar surface area (TPSA) is 59.8 Å². The highest BCUT2D eigenvalue weighted by molar-refractivity contribution is 7.99. The van der Waals surface area contributed by atoms with E-state index in [1.165, 1.54) is 30.2 Å². The van der Waals surface area contributed by atoms with Crippen LogP contribution >= 0.6 is 11.8 Å². The number of carbonyl (C=O) groups is 1. The molecule has 3 aromatic rings. The Bertz CT molecular complexity index is 875. The van der Waals surface area contributed by atoms with Crippen LogP contribution in [0.1, 0.15) is 25.3 Å². The molecular formula is C21H24N4OS.